The third kappa shape index (κ3) is 2.32. The molecule has 132 valence electrons. The Labute approximate surface area is 154 Å². The van der Waals surface area contributed by atoms with Crippen LogP contribution in [0.5, 0.6) is 0 Å². The predicted molar refractivity (Wildman–Crippen MR) is 97.7 cm³/mol. The van der Waals surface area contributed by atoms with Gasteiger partial charge in [-0.25, -0.2) is 0 Å². The summed E-state index contributed by atoms with van der Waals surface area (Å²) in [7, 11) is 0. The van der Waals surface area contributed by atoms with Crippen molar-refractivity contribution in [2.75, 3.05) is 4.90 Å². The van der Waals surface area contributed by atoms with Crippen molar-refractivity contribution in [1.29, 1.82) is 0 Å². The third-order valence-corrected chi connectivity index (χ3v) is 4.60. The standard InChI is InChI=1S/C20H14N4O3/c21-18(25)17-12-6-1-3-8-14(12)24(15-9-4-2-7-13(15)17)20-23-22-19(27-20)16-10-5-11-26-16/h1-11,17H,(H2,21,25). The number of carbonyl (C=O) groups is 1. The zero-order chi connectivity index (χ0) is 18.4. The minimum atomic E-state index is -0.541. The molecule has 0 saturated heterocycles. The van der Waals surface area contributed by atoms with Crippen LogP contribution >= 0.6 is 0 Å². The fraction of sp³-hybridized carbons (Fsp3) is 0.0500. The van der Waals surface area contributed by atoms with Gasteiger partial charge >= 0.3 is 6.01 Å². The van der Waals surface area contributed by atoms with Gasteiger partial charge in [0.15, 0.2) is 5.76 Å². The molecule has 0 fully saturated rings. The summed E-state index contributed by atoms with van der Waals surface area (Å²) >= 11 is 0. The van der Waals surface area contributed by atoms with Crippen LogP contribution in [0.1, 0.15) is 17.0 Å². The van der Waals surface area contributed by atoms with Crippen molar-refractivity contribution in [3.05, 3.63) is 78.1 Å². The summed E-state index contributed by atoms with van der Waals surface area (Å²) < 4.78 is 11.2. The maximum absolute atomic E-state index is 12.2. The van der Waals surface area contributed by atoms with E-state index < -0.39 is 11.8 Å². The van der Waals surface area contributed by atoms with E-state index >= 15 is 0 Å². The van der Waals surface area contributed by atoms with Crippen LogP contribution in [0.2, 0.25) is 0 Å². The molecule has 3 heterocycles. The largest absolute Gasteiger partial charge is 0.459 e. The van der Waals surface area contributed by atoms with E-state index in [1.165, 1.54) is 0 Å². The van der Waals surface area contributed by atoms with Gasteiger partial charge in [-0.05, 0) is 35.4 Å². The average molecular weight is 358 g/mol. The molecule has 1 amide bonds. The first-order valence-electron chi connectivity index (χ1n) is 8.38. The van der Waals surface area contributed by atoms with Gasteiger partial charge in [-0.2, -0.15) is 0 Å². The summed E-state index contributed by atoms with van der Waals surface area (Å²) in [5.41, 5.74) is 8.86. The van der Waals surface area contributed by atoms with Gasteiger partial charge in [-0.15, -0.1) is 5.10 Å². The van der Waals surface area contributed by atoms with Crippen LogP contribution < -0.4 is 10.6 Å². The number of para-hydroxylation sites is 2. The fourth-order valence-corrected chi connectivity index (χ4v) is 3.49. The maximum atomic E-state index is 12.2. The number of aromatic nitrogens is 2. The number of carbonyl (C=O) groups excluding carboxylic acids is 1. The van der Waals surface area contributed by atoms with Crippen LogP contribution in [-0.2, 0) is 4.79 Å². The second-order valence-electron chi connectivity index (χ2n) is 6.16. The third-order valence-electron chi connectivity index (χ3n) is 4.60. The summed E-state index contributed by atoms with van der Waals surface area (Å²) in [6.07, 6.45) is 1.54. The first-order chi connectivity index (χ1) is 13.2. The molecule has 2 aromatic heterocycles. The van der Waals surface area contributed by atoms with Gasteiger partial charge in [-0.3, -0.25) is 9.69 Å². The number of nitrogens with two attached hydrogens (primary N) is 1. The monoisotopic (exact) mass is 358 g/mol. The zero-order valence-electron chi connectivity index (χ0n) is 14.1. The molecule has 0 radical (unpaired) electrons. The second kappa shape index (κ2) is 5.84. The minimum absolute atomic E-state index is 0.280. The number of furan rings is 1. The van der Waals surface area contributed by atoms with Crippen LogP contribution in [-0.4, -0.2) is 16.1 Å². The van der Waals surface area contributed by atoms with Crippen molar-refractivity contribution in [3.8, 4) is 11.7 Å². The molecule has 2 aromatic carbocycles. The lowest BCUT2D eigenvalue weighted by Crippen LogP contribution is -2.29. The highest BCUT2D eigenvalue weighted by Gasteiger charge is 2.36. The molecule has 0 spiro atoms. The highest BCUT2D eigenvalue weighted by Crippen LogP contribution is 2.48. The van der Waals surface area contributed by atoms with Gasteiger partial charge < -0.3 is 14.6 Å². The molecule has 27 heavy (non-hydrogen) atoms. The number of hydrogen-bond donors (Lipinski definition) is 1. The Kier molecular flexibility index (Phi) is 3.33. The SMILES string of the molecule is NC(=O)C1c2ccccc2N(c2nnc(-c3ccco3)o2)c2ccccc21. The molecular formula is C20H14N4O3. The highest BCUT2D eigenvalue weighted by molar-refractivity contribution is 5.95. The van der Waals surface area contributed by atoms with E-state index in [2.05, 4.69) is 10.2 Å². The van der Waals surface area contributed by atoms with Gasteiger partial charge in [0.05, 0.1) is 23.6 Å². The van der Waals surface area contributed by atoms with Crippen LogP contribution in [0.25, 0.3) is 11.7 Å². The molecule has 5 rings (SSSR count). The van der Waals surface area contributed by atoms with Crippen molar-refractivity contribution in [2.45, 2.75) is 5.92 Å². The van der Waals surface area contributed by atoms with E-state index in [1.54, 1.807) is 18.4 Å². The molecule has 1 aliphatic heterocycles. The van der Waals surface area contributed by atoms with Gasteiger partial charge in [0.1, 0.15) is 0 Å². The van der Waals surface area contributed by atoms with Crippen molar-refractivity contribution >= 4 is 23.3 Å². The van der Waals surface area contributed by atoms with Gasteiger partial charge in [-0.1, -0.05) is 41.5 Å². The quantitative estimate of drug-likeness (QED) is 0.599. The molecule has 0 atom stereocenters. The molecule has 0 unspecified atom stereocenters. The zero-order valence-corrected chi connectivity index (χ0v) is 14.1. The van der Waals surface area contributed by atoms with E-state index in [0.717, 1.165) is 22.5 Å². The van der Waals surface area contributed by atoms with Crippen molar-refractivity contribution in [1.82, 2.24) is 10.2 Å². The number of anilines is 3. The van der Waals surface area contributed by atoms with E-state index in [0.29, 0.717) is 5.76 Å². The van der Waals surface area contributed by atoms with Gasteiger partial charge in [0.2, 0.25) is 5.91 Å². The number of nitrogens with zero attached hydrogens (tertiary/aromatic N) is 3. The van der Waals surface area contributed by atoms with Gasteiger partial charge in [0, 0.05) is 0 Å². The molecule has 1 aliphatic rings. The topological polar surface area (TPSA) is 98.4 Å². The fourth-order valence-electron chi connectivity index (χ4n) is 3.49. The van der Waals surface area contributed by atoms with Crippen molar-refractivity contribution in [3.63, 3.8) is 0 Å². The predicted octanol–water partition coefficient (Wildman–Crippen LogP) is 3.73. The van der Waals surface area contributed by atoms with Crippen molar-refractivity contribution < 1.29 is 13.6 Å². The average Bonchev–Trinajstić information content (AvgIpc) is 3.37. The Morgan fingerprint density at radius 3 is 2.19 bits per heavy atom. The number of hydrogen-bond acceptors (Lipinski definition) is 6. The lowest BCUT2D eigenvalue weighted by molar-refractivity contribution is -0.118. The number of fused-ring (bicyclic) bond motifs is 2. The van der Waals surface area contributed by atoms with Crippen molar-refractivity contribution in [2.24, 2.45) is 5.73 Å². The van der Waals surface area contributed by atoms with Crippen LogP contribution in [0.3, 0.4) is 0 Å². The summed E-state index contributed by atoms with van der Waals surface area (Å²) in [5, 5.41) is 8.29. The summed E-state index contributed by atoms with van der Waals surface area (Å²) in [6.45, 7) is 0. The number of amides is 1. The van der Waals surface area contributed by atoms with Crippen LogP contribution in [0, 0.1) is 0 Å². The van der Waals surface area contributed by atoms with Crippen LogP contribution in [0.15, 0.2) is 75.8 Å². The Hall–Kier alpha value is -3.87. The number of primary amides is 1. The molecule has 7 nitrogen and oxygen atoms in total. The van der Waals surface area contributed by atoms with E-state index in [4.69, 9.17) is 14.6 Å². The van der Waals surface area contributed by atoms with E-state index in [9.17, 15) is 4.79 Å². The van der Waals surface area contributed by atoms with Gasteiger partial charge in [0.25, 0.3) is 5.89 Å². The first-order valence-corrected chi connectivity index (χ1v) is 8.38. The minimum Gasteiger partial charge on any atom is -0.459 e. The molecule has 4 aromatic rings. The molecule has 0 bridgehead atoms. The summed E-state index contributed by atoms with van der Waals surface area (Å²) in [5.74, 6) is -0.179. The lowest BCUT2D eigenvalue weighted by Gasteiger charge is -2.33. The van der Waals surface area contributed by atoms with E-state index in [-0.39, 0.29) is 11.9 Å². The Bertz CT molecular complexity index is 1090. The summed E-state index contributed by atoms with van der Waals surface area (Å²) in [6, 6.07) is 18.9. The number of rotatable bonds is 3. The molecular weight excluding hydrogens is 344 g/mol. The Balaban J connectivity index is 1.72. The smallest absolute Gasteiger partial charge is 0.327 e. The molecule has 2 N–H and O–H groups in total. The summed E-state index contributed by atoms with van der Waals surface area (Å²) in [4.78, 5) is 14.1. The highest BCUT2D eigenvalue weighted by atomic mass is 16.4. The molecule has 0 aliphatic carbocycles. The Morgan fingerprint density at radius 1 is 0.926 bits per heavy atom. The second-order valence-corrected chi connectivity index (χ2v) is 6.16. The maximum Gasteiger partial charge on any atom is 0.327 e. The lowest BCUT2D eigenvalue weighted by atomic mass is 9.84. The number of benzene rings is 2. The molecule has 0 saturated carbocycles. The van der Waals surface area contributed by atoms with Crippen LogP contribution in [0.4, 0.5) is 17.4 Å². The Morgan fingerprint density at radius 2 is 1.59 bits per heavy atom. The molecule has 7 heteroatoms. The van der Waals surface area contributed by atoms with E-state index in [1.807, 2.05) is 53.4 Å². The first kappa shape index (κ1) is 15.4. The normalized spacial score (nSPS) is 13.3.